The number of carbonyl (C=O) groups is 1. The van der Waals surface area contributed by atoms with E-state index in [1.807, 2.05) is 74.2 Å². The van der Waals surface area contributed by atoms with E-state index in [-0.39, 0.29) is 12.1 Å². The largest absolute Gasteiger partial charge is 0.489 e. The molecule has 0 bridgehead atoms. The molecule has 3 aromatic rings. The number of amides is 1. The molecule has 1 aliphatic heterocycles. The van der Waals surface area contributed by atoms with E-state index < -0.39 is 0 Å². The number of nitrogens with one attached hydrogen (secondary N) is 1. The first-order valence-corrected chi connectivity index (χ1v) is 9.39. The van der Waals surface area contributed by atoms with E-state index in [0.29, 0.717) is 18.7 Å². The van der Waals surface area contributed by atoms with Crippen molar-refractivity contribution in [2.75, 3.05) is 11.9 Å². The number of hydrogen-bond donors (Lipinski definition) is 1. The zero-order valence-electron chi connectivity index (χ0n) is 16.2. The number of fused-ring (bicyclic) bond motifs is 1. The molecule has 0 aliphatic carbocycles. The van der Waals surface area contributed by atoms with Gasteiger partial charge < -0.3 is 19.5 Å². The topological polar surface area (TPSA) is 67.6 Å². The highest BCUT2D eigenvalue weighted by molar-refractivity contribution is 6.01. The number of ether oxygens (including phenoxy) is 1. The maximum Gasteiger partial charge on any atom is 0.257 e. The summed E-state index contributed by atoms with van der Waals surface area (Å²) >= 11 is 0. The molecule has 0 unspecified atom stereocenters. The van der Waals surface area contributed by atoms with Crippen molar-refractivity contribution >= 4 is 11.6 Å². The standard InChI is InChI=1S/C22H23N3O3/c1-4-25-21(23-20-8-6-5-7-18(20)22(25)26)16-9-11-17(12-10-16)27-13-19-14(2)24-28-15(19)3/h5-12,21,23H,4,13H2,1-3H3/t21-/m0/s1. The second-order valence-electron chi connectivity index (χ2n) is 6.84. The molecule has 6 heteroatoms. The Bertz CT molecular complexity index is 975. The average molecular weight is 377 g/mol. The van der Waals surface area contributed by atoms with Gasteiger partial charge in [-0.25, -0.2) is 0 Å². The molecule has 0 radical (unpaired) electrons. The predicted molar refractivity (Wildman–Crippen MR) is 106 cm³/mol. The Morgan fingerprint density at radius 1 is 1.14 bits per heavy atom. The second kappa shape index (κ2) is 7.38. The number of rotatable bonds is 5. The summed E-state index contributed by atoms with van der Waals surface area (Å²) in [6.45, 7) is 6.80. The van der Waals surface area contributed by atoms with Gasteiger partial charge in [0.15, 0.2) is 0 Å². The Labute approximate surface area is 164 Å². The first-order chi connectivity index (χ1) is 13.6. The van der Waals surface area contributed by atoms with Gasteiger partial charge in [0.25, 0.3) is 5.91 Å². The number of benzene rings is 2. The second-order valence-corrected chi connectivity index (χ2v) is 6.84. The van der Waals surface area contributed by atoms with Crippen LogP contribution in [0.2, 0.25) is 0 Å². The zero-order valence-corrected chi connectivity index (χ0v) is 16.2. The highest BCUT2D eigenvalue weighted by Gasteiger charge is 2.31. The molecule has 0 saturated heterocycles. The zero-order chi connectivity index (χ0) is 19.7. The lowest BCUT2D eigenvalue weighted by Gasteiger charge is -2.37. The Morgan fingerprint density at radius 2 is 1.89 bits per heavy atom. The molecule has 4 rings (SSSR count). The quantitative estimate of drug-likeness (QED) is 0.711. The third kappa shape index (κ3) is 3.22. The van der Waals surface area contributed by atoms with Gasteiger partial charge >= 0.3 is 0 Å². The van der Waals surface area contributed by atoms with E-state index in [2.05, 4.69) is 10.5 Å². The monoisotopic (exact) mass is 377 g/mol. The lowest BCUT2D eigenvalue weighted by Crippen LogP contribution is -2.42. The summed E-state index contributed by atoms with van der Waals surface area (Å²) in [5.41, 5.74) is 4.39. The molecule has 2 heterocycles. The molecule has 0 saturated carbocycles. The van der Waals surface area contributed by atoms with Crippen LogP contribution in [0.25, 0.3) is 0 Å². The fourth-order valence-corrected chi connectivity index (χ4v) is 3.49. The van der Waals surface area contributed by atoms with E-state index in [4.69, 9.17) is 9.26 Å². The van der Waals surface area contributed by atoms with Gasteiger partial charge in [0, 0.05) is 12.2 Å². The Balaban J connectivity index is 1.52. The lowest BCUT2D eigenvalue weighted by molar-refractivity contribution is 0.0695. The molecule has 1 amide bonds. The highest BCUT2D eigenvalue weighted by atomic mass is 16.5. The number of aromatic nitrogens is 1. The molecular formula is C22H23N3O3. The van der Waals surface area contributed by atoms with E-state index in [1.54, 1.807) is 0 Å². The van der Waals surface area contributed by atoms with Gasteiger partial charge in [-0.1, -0.05) is 29.4 Å². The third-order valence-corrected chi connectivity index (χ3v) is 5.12. The fourth-order valence-electron chi connectivity index (χ4n) is 3.49. The summed E-state index contributed by atoms with van der Waals surface area (Å²) in [5, 5.41) is 7.42. The molecule has 1 aliphatic rings. The maximum atomic E-state index is 12.8. The third-order valence-electron chi connectivity index (χ3n) is 5.12. The van der Waals surface area contributed by atoms with E-state index in [9.17, 15) is 4.79 Å². The van der Waals surface area contributed by atoms with Crippen molar-refractivity contribution in [1.29, 1.82) is 0 Å². The van der Waals surface area contributed by atoms with Crippen LogP contribution in [-0.2, 0) is 6.61 Å². The van der Waals surface area contributed by atoms with Gasteiger partial charge in [0.1, 0.15) is 24.3 Å². The van der Waals surface area contributed by atoms with Gasteiger partial charge in [0.2, 0.25) is 0 Å². The van der Waals surface area contributed by atoms with E-state index in [1.165, 1.54) is 0 Å². The summed E-state index contributed by atoms with van der Waals surface area (Å²) in [4.78, 5) is 14.7. The van der Waals surface area contributed by atoms with Crippen molar-refractivity contribution in [3.63, 3.8) is 0 Å². The van der Waals surface area contributed by atoms with Crippen LogP contribution < -0.4 is 10.1 Å². The van der Waals surface area contributed by atoms with Crippen molar-refractivity contribution in [2.45, 2.75) is 33.5 Å². The lowest BCUT2D eigenvalue weighted by atomic mass is 10.0. The SMILES string of the molecule is CCN1C(=O)c2ccccc2N[C@@H]1c1ccc(OCc2c(C)noc2C)cc1. The molecular weight excluding hydrogens is 354 g/mol. The van der Waals surface area contributed by atoms with E-state index >= 15 is 0 Å². The van der Waals surface area contributed by atoms with Crippen LogP contribution >= 0.6 is 0 Å². The summed E-state index contributed by atoms with van der Waals surface area (Å²) in [6, 6.07) is 15.4. The first kappa shape index (κ1) is 18.1. The molecule has 1 atom stereocenters. The summed E-state index contributed by atoms with van der Waals surface area (Å²) in [7, 11) is 0. The van der Waals surface area contributed by atoms with Gasteiger partial charge in [-0.05, 0) is 50.6 Å². The van der Waals surface area contributed by atoms with Gasteiger partial charge in [-0.2, -0.15) is 0 Å². The van der Waals surface area contributed by atoms with Crippen LogP contribution in [0.15, 0.2) is 53.1 Å². The minimum Gasteiger partial charge on any atom is -0.489 e. The van der Waals surface area contributed by atoms with Gasteiger partial charge in [-0.15, -0.1) is 0 Å². The molecule has 144 valence electrons. The smallest absolute Gasteiger partial charge is 0.257 e. The number of nitrogens with zero attached hydrogens (tertiary/aromatic N) is 2. The van der Waals surface area contributed by atoms with Crippen LogP contribution in [-0.4, -0.2) is 22.5 Å². The van der Waals surface area contributed by atoms with Crippen LogP contribution in [0.1, 0.15) is 46.0 Å². The maximum absolute atomic E-state index is 12.8. The van der Waals surface area contributed by atoms with Crippen molar-refractivity contribution < 1.29 is 14.1 Å². The molecule has 1 N–H and O–H groups in total. The van der Waals surface area contributed by atoms with Crippen molar-refractivity contribution in [2.24, 2.45) is 0 Å². The Morgan fingerprint density at radius 3 is 2.57 bits per heavy atom. The predicted octanol–water partition coefficient (Wildman–Crippen LogP) is 4.46. The van der Waals surface area contributed by atoms with Gasteiger partial charge in [0.05, 0.1) is 16.8 Å². The molecule has 0 fully saturated rings. The minimum absolute atomic E-state index is 0.0422. The van der Waals surface area contributed by atoms with Crippen LogP contribution in [0.3, 0.4) is 0 Å². The van der Waals surface area contributed by atoms with Crippen LogP contribution in [0, 0.1) is 13.8 Å². The fraction of sp³-hybridized carbons (Fsp3) is 0.273. The number of para-hydroxylation sites is 1. The number of hydrogen-bond acceptors (Lipinski definition) is 5. The van der Waals surface area contributed by atoms with E-state index in [0.717, 1.165) is 34.0 Å². The molecule has 1 aromatic heterocycles. The molecule has 0 spiro atoms. The van der Waals surface area contributed by atoms with Crippen molar-refractivity contribution in [3.8, 4) is 5.75 Å². The summed E-state index contributed by atoms with van der Waals surface area (Å²) in [5.74, 6) is 1.58. The highest BCUT2D eigenvalue weighted by Crippen LogP contribution is 2.33. The van der Waals surface area contributed by atoms with Crippen LogP contribution in [0.4, 0.5) is 5.69 Å². The average Bonchev–Trinajstić information content (AvgIpc) is 3.04. The van der Waals surface area contributed by atoms with Crippen molar-refractivity contribution in [3.05, 3.63) is 76.7 Å². The normalized spacial score (nSPS) is 15.9. The molecule has 6 nitrogen and oxygen atoms in total. The van der Waals surface area contributed by atoms with Gasteiger partial charge in [-0.3, -0.25) is 4.79 Å². The molecule has 28 heavy (non-hydrogen) atoms. The van der Waals surface area contributed by atoms with Crippen LogP contribution in [0.5, 0.6) is 5.75 Å². The number of aryl methyl sites for hydroxylation is 2. The Kier molecular flexibility index (Phi) is 4.77. The summed E-state index contributed by atoms with van der Waals surface area (Å²) < 4.78 is 11.1. The van der Waals surface area contributed by atoms with Crippen molar-refractivity contribution in [1.82, 2.24) is 10.1 Å². The Hall–Kier alpha value is -3.28. The minimum atomic E-state index is -0.205. The number of anilines is 1. The number of carbonyl (C=O) groups excluding carboxylic acids is 1. The molecule has 2 aromatic carbocycles. The first-order valence-electron chi connectivity index (χ1n) is 9.39. The summed E-state index contributed by atoms with van der Waals surface area (Å²) in [6.07, 6.45) is -0.205.